The Hall–Kier alpha value is -3.84. The van der Waals surface area contributed by atoms with Crippen molar-refractivity contribution in [2.75, 3.05) is 37.6 Å². The van der Waals surface area contributed by atoms with Crippen molar-refractivity contribution in [1.29, 1.82) is 5.26 Å². The number of likely N-dealkylation sites (tertiary alicyclic amines) is 1. The number of carbonyl (C=O) groups excluding carboxylic acids is 1. The fourth-order valence-electron chi connectivity index (χ4n) is 8.60. The molecule has 0 unspecified atom stereocenters. The van der Waals surface area contributed by atoms with Gasteiger partial charge in [-0.05, 0) is 74.9 Å². The van der Waals surface area contributed by atoms with E-state index in [9.17, 15) is 13.6 Å². The maximum Gasteiger partial charge on any atom is 0.305 e. The predicted octanol–water partition coefficient (Wildman–Crippen LogP) is 6.64. The van der Waals surface area contributed by atoms with Crippen LogP contribution in [0.15, 0.2) is 48.8 Å². The summed E-state index contributed by atoms with van der Waals surface area (Å²) in [5.41, 5.74) is 0.407. The minimum Gasteiger partial charge on any atom is -0.462 e. The van der Waals surface area contributed by atoms with Crippen LogP contribution in [-0.2, 0) is 27.9 Å². The first-order chi connectivity index (χ1) is 22.7. The molecule has 250 valence electrons. The van der Waals surface area contributed by atoms with Crippen molar-refractivity contribution in [2.45, 2.75) is 76.9 Å². The van der Waals surface area contributed by atoms with E-state index in [-0.39, 0.29) is 41.0 Å². The van der Waals surface area contributed by atoms with E-state index in [1.807, 2.05) is 24.2 Å². The number of benzene rings is 2. The number of hydrogen-bond donors (Lipinski definition) is 0. The summed E-state index contributed by atoms with van der Waals surface area (Å²) in [7, 11) is 0. The van der Waals surface area contributed by atoms with Crippen LogP contribution >= 0.6 is 0 Å². The predicted molar refractivity (Wildman–Crippen MR) is 173 cm³/mol. The fraction of sp³-hybridized carbons (Fsp3) is 0.541. The maximum absolute atomic E-state index is 15.1. The van der Waals surface area contributed by atoms with Gasteiger partial charge in [0, 0.05) is 74.7 Å². The smallest absolute Gasteiger partial charge is 0.305 e. The van der Waals surface area contributed by atoms with Crippen LogP contribution in [0.5, 0.6) is 0 Å². The Bertz CT molecular complexity index is 1610. The first kappa shape index (κ1) is 33.1. The third-order valence-corrected chi connectivity index (χ3v) is 10.9. The molecular weight excluding hydrogens is 603 g/mol. The number of nitriles is 1. The number of carbonyl (C=O) groups is 1. The monoisotopic (exact) mass is 647 g/mol. The molecule has 0 bridgehead atoms. The number of aryl methyl sites for hydroxylation is 1. The van der Waals surface area contributed by atoms with Crippen molar-refractivity contribution in [1.82, 2.24) is 14.5 Å². The Morgan fingerprint density at radius 1 is 1.06 bits per heavy atom. The average Bonchev–Trinajstić information content (AvgIpc) is 3.72. The van der Waals surface area contributed by atoms with Gasteiger partial charge in [-0.15, -0.1) is 0 Å². The highest BCUT2D eigenvalue weighted by Crippen LogP contribution is 2.52. The number of rotatable bonds is 11. The highest BCUT2D eigenvalue weighted by atomic mass is 19.1. The third kappa shape index (κ3) is 6.64. The zero-order chi connectivity index (χ0) is 33.1. The first-order valence-electron chi connectivity index (χ1n) is 17.1. The van der Waals surface area contributed by atoms with Crippen LogP contribution in [0.2, 0.25) is 0 Å². The molecular formula is C37H44F3N5O2. The van der Waals surface area contributed by atoms with Gasteiger partial charge >= 0.3 is 5.97 Å². The van der Waals surface area contributed by atoms with E-state index < -0.39 is 17.0 Å². The summed E-state index contributed by atoms with van der Waals surface area (Å²) in [5.74, 6) is -0.182. The number of aromatic nitrogens is 2. The lowest BCUT2D eigenvalue weighted by atomic mass is 9.58. The molecule has 0 N–H and O–H groups in total. The number of piperidine rings is 1. The summed E-state index contributed by atoms with van der Waals surface area (Å²) in [6, 6.07) is 10.8. The van der Waals surface area contributed by atoms with Crippen molar-refractivity contribution in [3.63, 3.8) is 0 Å². The lowest BCUT2D eigenvalue weighted by Crippen LogP contribution is -2.55. The Kier molecular flexibility index (Phi) is 9.93. The summed E-state index contributed by atoms with van der Waals surface area (Å²) in [6.07, 6.45) is 9.20. The summed E-state index contributed by atoms with van der Waals surface area (Å²) in [6.45, 7) is 8.41. The Balaban J connectivity index is 1.23. The van der Waals surface area contributed by atoms with Gasteiger partial charge in [0.15, 0.2) is 0 Å². The number of hydrogen-bond acceptors (Lipinski definition) is 6. The molecule has 47 heavy (non-hydrogen) atoms. The van der Waals surface area contributed by atoms with Gasteiger partial charge in [0.25, 0.3) is 0 Å². The van der Waals surface area contributed by atoms with Crippen LogP contribution in [-0.4, -0.2) is 59.2 Å². The van der Waals surface area contributed by atoms with Gasteiger partial charge < -0.3 is 19.1 Å². The summed E-state index contributed by atoms with van der Waals surface area (Å²) in [5, 5.41) is 9.00. The molecule has 3 fully saturated rings. The second kappa shape index (κ2) is 14.1. The molecule has 1 aliphatic carbocycles. The Labute approximate surface area is 275 Å². The van der Waals surface area contributed by atoms with Crippen LogP contribution in [0.4, 0.5) is 18.9 Å². The summed E-state index contributed by atoms with van der Waals surface area (Å²) in [4.78, 5) is 21.5. The molecule has 6 rings (SSSR count). The molecule has 2 aliphatic heterocycles. The molecule has 0 spiro atoms. The molecule has 2 saturated heterocycles. The number of ether oxygens (including phenoxy) is 1. The minimum absolute atomic E-state index is 0.0337. The van der Waals surface area contributed by atoms with Gasteiger partial charge in [-0.2, -0.15) is 5.26 Å². The lowest BCUT2D eigenvalue weighted by molar-refractivity contribution is -0.152. The van der Waals surface area contributed by atoms with Crippen molar-refractivity contribution in [2.24, 2.45) is 17.8 Å². The molecule has 7 nitrogen and oxygen atoms in total. The number of esters is 1. The topological polar surface area (TPSA) is 74.4 Å². The second-order valence-corrected chi connectivity index (χ2v) is 13.5. The van der Waals surface area contributed by atoms with Crippen molar-refractivity contribution in [3.05, 3.63) is 83.2 Å². The SMILES string of the molecule is CCC(=O)O[C@H]1CCC[C@@H]1[C@](Cn1ccnc1CC)(c1cccc(F)c1)C1CCN(CC2CN(c3cc(F)c(C#N)cc3F)C2)CC1. The van der Waals surface area contributed by atoms with Crippen LogP contribution in [0.25, 0.3) is 0 Å². The van der Waals surface area contributed by atoms with Gasteiger partial charge in [-0.25, -0.2) is 18.2 Å². The normalized spacial score (nSPS) is 22.1. The molecule has 3 heterocycles. The average molecular weight is 648 g/mol. The first-order valence-corrected chi connectivity index (χ1v) is 17.1. The summed E-state index contributed by atoms with van der Waals surface area (Å²) >= 11 is 0. The van der Waals surface area contributed by atoms with Crippen LogP contribution in [0, 0.1) is 46.5 Å². The highest BCUT2D eigenvalue weighted by molar-refractivity contribution is 5.69. The van der Waals surface area contributed by atoms with Gasteiger partial charge in [0.2, 0.25) is 0 Å². The number of anilines is 1. The zero-order valence-electron chi connectivity index (χ0n) is 27.3. The van der Waals surface area contributed by atoms with E-state index in [1.165, 1.54) is 6.07 Å². The maximum atomic E-state index is 15.1. The van der Waals surface area contributed by atoms with Gasteiger partial charge in [-0.3, -0.25) is 4.79 Å². The molecule has 0 amide bonds. The quantitative estimate of drug-likeness (QED) is 0.217. The fourth-order valence-corrected chi connectivity index (χ4v) is 8.60. The molecule has 3 aliphatic rings. The molecule has 2 aromatic carbocycles. The van der Waals surface area contributed by atoms with Gasteiger partial charge in [0.1, 0.15) is 35.4 Å². The van der Waals surface area contributed by atoms with E-state index in [0.29, 0.717) is 32.0 Å². The molecule has 0 radical (unpaired) electrons. The zero-order valence-corrected chi connectivity index (χ0v) is 27.3. The standard InChI is InChI=1S/C37H44F3N5O2/c1-3-35-42-13-16-44(35)24-37(28-7-5-8-29(38)18-28,30-9-6-10-34(30)47-36(46)4-2)27-11-14-43(15-12-27)21-25-22-45(23-25)33-19-31(39)26(20-41)17-32(33)40/h5,7-8,13,16-19,25,27,30,34H,3-4,6,9-12,14-15,21-24H2,1-2H3/t30-,34-,37-/m0/s1. The number of nitrogens with zero attached hydrogens (tertiary/aromatic N) is 5. The van der Waals surface area contributed by atoms with E-state index in [1.54, 1.807) is 18.2 Å². The molecule has 3 aromatic rings. The largest absolute Gasteiger partial charge is 0.462 e. The van der Waals surface area contributed by atoms with Crippen molar-refractivity contribution >= 4 is 11.7 Å². The van der Waals surface area contributed by atoms with E-state index in [2.05, 4.69) is 27.4 Å². The summed E-state index contributed by atoms with van der Waals surface area (Å²) < 4.78 is 52.2. The van der Waals surface area contributed by atoms with Gasteiger partial charge in [0.05, 0.1) is 11.3 Å². The van der Waals surface area contributed by atoms with Crippen LogP contribution < -0.4 is 4.90 Å². The van der Waals surface area contributed by atoms with E-state index >= 15 is 4.39 Å². The third-order valence-electron chi connectivity index (χ3n) is 10.9. The minimum atomic E-state index is -0.702. The molecule has 1 aromatic heterocycles. The van der Waals surface area contributed by atoms with E-state index in [0.717, 1.165) is 81.7 Å². The molecule has 1 saturated carbocycles. The Morgan fingerprint density at radius 2 is 1.85 bits per heavy atom. The van der Waals surface area contributed by atoms with Crippen LogP contribution in [0.1, 0.15) is 69.3 Å². The van der Waals surface area contributed by atoms with Crippen molar-refractivity contribution < 1.29 is 22.7 Å². The highest BCUT2D eigenvalue weighted by Gasteiger charge is 2.53. The number of halogens is 3. The second-order valence-electron chi connectivity index (χ2n) is 13.5. The van der Waals surface area contributed by atoms with Crippen LogP contribution in [0.3, 0.4) is 0 Å². The Morgan fingerprint density at radius 3 is 2.55 bits per heavy atom. The molecule has 3 atom stereocenters. The van der Waals surface area contributed by atoms with E-state index in [4.69, 9.17) is 10.00 Å². The van der Waals surface area contributed by atoms with Crippen molar-refractivity contribution in [3.8, 4) is 6.07 Å². The molecule has 10 heteroatoms. The van der Waals surface area contributed by atoms with Gasteiger partial charge in [-0.1, -0.05) is 26.0 Å². The number of imidazole rings is 1. The lowest BCUT2D eigenvalue weighted by Gasteiger charge is -2.51.